The summed E-state index contributed by atoms with van der Waals surface area (Å²) in [6.45, 7) is 2.96. The van der Waals surface area contributed by atoms with Gasteiger partial charge in [0, 0.05) is 18.3 Å². The number of fused-ring (bicyclic) bond motifs is 1. The third-order valence-electron chi connectivity index (χ3n) is 4.46. The summed E-state index contributed by atoms with van der Waals surface area (Å²) in [5, 5.41) is 5.34. The van der Waals surface area contributed by atoms with Crippen LogP contribution in [0.2, 0.25) is 0 Å². The highest BCUT2D eigenvalue weighted by atomic mass is 16.5. The van der Waals surface area contributed by atoms with E-state index in [1.165, 1.54) is 25.0 Å². The van der Waals surface area contributed by atoms with Crippen molar-refractivity contribution in [3.8, 4) is 0 Å². The predicted molar refractivity (Wildman–Crippen MR) is 103 cm³/mol. The number of aryl methyl sites for hydroxylation is 2. The van der Waals surface area contributed by atoms with E-state index in [1.807, 2.05) is 12.1 Å². The molecule has 1 aliphatic carbocycles. The van der Waals surface area contributed by atoms with Crippen LogP contribution in [0.3, 0.4) is 0 Å². The van der Waals surface area contributed by atoms with Gasteiger partial charge in [-0.2, -0.15) is 0 Å². The predicted octanol–water partition coefficient (Wildman–Crippen LogP) is 3.32. The Bertz CT molecular complexity index is 874. The van der Waals surface area contributed by atoms with Crippen molar-refractivity contribution >= 4 is 29.2 Å². The van der Waals surface area contributed by atoms with E-state index >= 15 is 0 Å². The zero-order chi connectivity index (χ0) is 19.4. The summed E-state index contributed by atoms with van der Waals surface area (Å²) in [6, 6.07) is 12.3. The highest BCUT2D eigenvalue weighted by Crippen LogP contribution is 2.23. The molecule has 0 fully saturated rings. The lowest BCUT2D eigenvalue weighted by molar-refractivity contribution is -0.123. The van der Waals surface area contributed by atoms with Crippen LogP contribution in [0, 0.1) is 0 Å². The summed E-state index contributed by atoms with van der Waals surface area (Å²) in [5.74, 6) is -1.09. The molecule has 0 saturated carbocycles. The molecule has 0 unspecified atom stereocenters. The van der Waals surface area contributed by atoms with E-state index in [4.69, 9.17) is 4.74 Å². The van der Waals surface area contributed by atoms with Gasteiger partial charge in [-0.15, -0.1) is 0 Å². The third kappa shape index (κ3) is 4.73. The molecule has 2 aromatic rings. The Hall–Kier alpha value is -3.15. The molecular formula is C21H22N2O4. The SMILES string of the molecule is CC(=O)Nc1ccc(NC(=O)[C@@H](C)OC(=O)c2ccc3c(c2)CCC3)cc1. The minimum atomic E-state index is -0.930. The van der Waals surface area contributed by atoms with Gasteiger partial charge in [-0.3, -0.25) is 9.59 Å². The van der Waals surface area contributed by atoms with Gasteiger partial charge in [0.15, 0.2) is 6.10 Å². The number of nitrogens with one attached hydrogen (secondary N) is 2. The number of hydrogen-bond acceptors (Lipinski definition) is 4. The van der Waals surface area contributed by atoms with Crippen molar-refractivity contribution in [3.05, 3.63) is 59.2 Å². The van der Waals surface area contributed by atoms with Crippen LogP contribution in [0.5, 0.6) is 0 Å². The van der Waals surface area contributed by atoms with Gasteiger partial charge in [0.1, 0.15) is 0 Å². The Morgan fingerprint density at radius 1 is 0.926 bits per heavy atom. The molecule has 6 nitrogen and oxygen atoms in total. The van der Waals surface area contributed by atoms with E-state index in [2.05, 4.69) is 10.6 Å². The van der Waals surface area contributed by atoms with Gasteiger partial charge in [0.25, 0.3) is 5.91 Å². The van der Waals surface area contributed by atoms with Crippen LogP contribution in [0.15, 0.2) is 42.5 Å². The Labute approximate surface area is 157 Å². The number of carbonyl (C=O) groups excluding carboxylic acids is 3. The molecular weight excluding hydrogens is 344 g/mol. The first-order chi connectivity index (χ1) is 12.9. The van der Waals surface area contributed by atoms with Crippen molar-refractivity contribution in [3.63, 3.8) is 0 Å². The average Bonchev–Trinajstić information content (AvgIpc) is 3.10. The summed E-state index contributed by atoms with van der Waals surface area (Å²) < 4.78 is 5.30. The lowest BCUT2D eigenvalue weighted by atomic mass is 10.1. The quantitative estimate of drug-likeness (QED) is 0.795. The molecule has 0 aromatic heterocycles. The fourth-order valence-corrected chi connectivity index (χ4v) is 3.06. The molecule has 1 aliphatic rings. The maximum atomic E-state index is 12.3. The van der Waals surface area contributed by atoms with Gasteiger partial charge in [-0.05, 0) is 73.7 Å². The van der Waals surface area contributed by atoms with E-state index in [0.29, 0.717) is 16.9 Å². The van der Waals surface area contributed by atoms with Crippen molar-refractivity contribution in [2.45, 2.75) is 39.2 Å². The molecule has 2 aromatic carbocycles. The molecule has 0 bridgehead atoms. The summed E-state index contributed by atoms with van der Waals surface area (Å²) in [6.07, 6.45) is 2.19. The molecule has 0 radical (unpaired) electrons. The smallest absolute Gasteiger partial charge is 0.338 e. The van der Waals surface area contributed by atoms with Crippen LogP contribution in [0.4, 0.5) is 11.4 Å². The molecule has 3 rings (SSSR count). The molecule has 0 aliphatic heterocycles. The van der Waals surface area contributed by atoms with Crippen molar-refractivity contribution < 1.29 is 19.1 Å². The first kappa shape index (κ1) is 18.6. The number of carbonyl (C=O) groups is 3. The van der Waals surface area contributed by atoms with Crippen LogP contribution in [0.1, 0.15) is 41.8 Å². The average molecular weight is 366 g/mol. The van der Waals surface area contributed by atoms with E-state index in [9.17, 15) is 14.4 Å². The maximum Gasteiger partial charge on any atom is 0.338 e. The molecule has 0 spiro atoms. The zero-order valence-corrected chi connectivity index (χ0v) is 15.4. The van der Waals surface area contributed by atoms with Crippen molar-refractivity contribution in [2.24, 2.45) is 0 Å². The first-order valence-corrected chi connectivity index (χ1v) is 8.93. The number of benzene rings is 2. The topological polar surface area (TPSA) is 84.5 Å². The number of rotatable bonds is 5. The molecule has 2 N–H and O–H groups in total. The molecule has 0 heterocycles. The second-order valence-corrected chi connectivity index (χ2v) is 6.63. The minimum absolute atomic E-state index is 0.168. The normalized spacial score (nSPS) is 13.4. The Morgan fingerprint density at radius 3 is 2.22 bits per heavy atom. The van der Waals surface area contributed by atoms with Gasteiger partial charge in [0.2, 0.25) is 5.91 Å². The van der Waals surface area contributed by atoms with E-state index in [0.717, 1.165) is 19.3 Å². The van der Waals surface area contributed by atoms with Gasteiger partial charge in [-0.25, -0.2) is 4.79 Å². The van der Waals surface area contributed by atoms with Crippen molar-refractivity contribution in [1.82, 2.24) is 0 Å². The second kappa shape index (κ2) is 8.03. The standard InChI is InChI=1S/C21H22N2O4/c1-13(20(25)23-19-10-8-18(9-11-19)22-14(2)24)27-21(26)17-7-6-15-4-3-5-16(15)12-17/h6-13H,3-5H2,1-2H3,(H,22,24)(H,23,25)/t13-/m1/s1. The number of esters is 1. The van der Waals surface area contributed by atoms with Gasteiger partial charge in [-0.1, -0.05) is 6.07 Å². The van der Waals surface area contributed by atoms with E-state index in [-0.39, 0.29) is 5.91 Å². The second-order valence-electron chi connectivity index (χ2n) is 6.63. The van der Waals surface area contributed by atoms with Crippen LogP contribution in [-0.4, -0.2) is 23.9 Å². The minimum Gasteiger partial charge on any atom is -0.449 e. The van der Waals surface area contributed by atoms with Crippen molar-refractivity contribution in [2.75, 3.05) is 10.6 Å². The summed E-state index contributed by atoms with van der Waals surface area (Å²) in [4.78, 5) is 35.6. The third-order valence-corrected chi connectivity index (χ3v) is 4.46. The Balaban J connectivity index is 1.57. The molecule has 1 atom stereocenters. The first-order valence-electron chi connectivity index (χ1n) is 8.93. The summed E-state index contributed by atoms with van der Waals surface area (Å²) in [7, 11) is 0. The highest BCUT2D eigenvalue weighted by Gasteiger charge is 2.20. The number of anilines is 2. The molecule has 6 heteroatoms. The largest absolute Gasteiger partial charge is 0.449 e. The van der Waals surface area contributed by atoms with Crippen LogP contribution < -0.4 is 10.6 Å². The number of hydrogen-bond donors (Lipinski definition) is 2. The summed E-state index contributed by atoms with van der Waals surface area (Å²) >= 11 is 0. The molecule has 140 valence electrons. The lowest BCUT2D eigenvalue weighted by Gasteiger charge is -2.14. The molecule has 0 saturated heterocycles. The van der Waals surface area contributed by atoms with Gasteiger partial charge in [0.05, 0.1) is 5.56 Å². The fourth-order valence-electron chi connectivity index (χ4n) is 3.06. The van der Waals surface area contributed by atoms with Gasteiger partial charge < -0.3 is 15.4 Å². The Kier molecular flexibility index (Phi) is 5.54. The highest BCUT2D eigenvalue weighted by molar-refractivity contribution is 5.97. The maximum absolute atomic E-state index is 12.3. The number of amides is 2. The number of ether oxygens (including phenoxy) is 1. The Morgan fingerprint density at radius 2 is 1.56 bits per heavy atom. The zero-order valence-electron chi connectivity index (χ0n) is 15.4. The van der Waals surface area contributed by atoms with E-state index < -0.39 is 18.0 Å². The van der Waals surface area contributed by atoms with Gasteiger partial charge >= 0.3 is 5.97 Å². The van der Waals surface area contributed by atoms with Crippen LogP contribution in [0.25, 0.3) is 0 Å². The van der Waals surface area contributed by atoms with E-state index in [1.54, 1.807) is 30.3 Å². The fraction of sp³-hybridized carbons (Fsp3) is 0.286. The lowest BCUT2D eigenvalue weighted by Crippen LogP contribution is -2.30. The van der Waals surface area contributed by atoms with Crippen LogP contribution >= 0.6 is 0 Å². The van der Waals surface area contributed by atoms with Crippen molar-refractivity contribution in [1.29, 1.82) is 0 Å². The molecule has 27 heavy (non-hydrogen) atoms. The molecule has 2 amide bonds. The monoisotopic (exact) mass is 366 g/mol. The summed E-state index contributed by atoms with van der Waals surface area (Å²) in [5.41, 5.74) is 4.11. The van der Waals surface area contributed by atoms with Crippen LogP contribution in [-0.2, 0) is 27.2 Å².